The number of hydrogen-bond acceptors (Lipinski definition) is 2. The summed E-state index contributed by atoms with van der Waals surface area (Å²) in [7, 11) is 1.60. The second-order valence-corrected chi connectivity index (χ2v) is 6.86. The molecule has 0 saturated carbocycles. The molecule has 5 heteroatoms. The molecule has 5 rings (SSSR count). The zero-order valence-corrected chi connectivity index (χ0v) is 14.0. The molecule has 0 bridgehead atoms. The number of carbonyl (C=O) groups is 1. The largest absolute Gasteiger partial charge is 0.497 e. The number of aromatic amines is 1. The van der Waals surface area contributed by atoms with E-state index in [1.165, 1.54) is 17.7 Å². The lowest BCUT2D eigenvalue weighted by molar-refractivity contribution is 0.0626. The van der Waals surface area contributed by atoms with Gasteiger partial charge in [0.1, 0.15) is 17.1 Å². The van der Waals surface area contributed by atoms with E-state index >= 15 is 0 Å². The summed E-state index contributed by atoms with van der Waals surface area (Å²) < 4.78 is 18.9. The van der Waals surface area contributed by atoms with Crippen molar-refractivity contribution in [2.24, 2.45) is 0 Å². The van der Waals surface area contributed by atoms with E-state index in [9.17, 15) is 9.18 Å². The molecule has 1 atom stereocenters. The number of aromatic nitrogens is 1. The van der Waals surface area contributed by atoms with Gasteiger partial charge in [-0.2, -0.15) is 0 Å². The Morgan fingerprint density at radius 3 is 2.88 bits per heavy atom. The van der Waals surface area contributed by atoms with Crippen LogP contribution in [0, 0.1) is 5.82 Å². The zero-order chi connectivity index (χ0) is 17.3. The van der Waals surface area contributed by atoms with Crippen LogP contribution in [-0.4, -0.2) is 29.4 Å². The average Bonchev–Trinajstić information content (AvgIpc) is 3.09. The van der Waals surface area contributed by atoms with E-state index in [0.717, 1.165) is 28.6 Å². The molecule has 4 nitrogen and oxygen atoms in total. The van der Waals surface area contributed by atoms with Crippen LogP contribution in [0.25, 0.3) is 10.9 Å². The second-order valence-electron chi connectivity index (χ2n) is 6.86. The summed E-state index contributed by atoms with van der Waals surface area (Å²) >= 11 is 0. The SMILES string of the molecule is COc1ccc2c(c1)C(=O)N1CCc3c([nH]c4cc(F)ccc34)C21C. The minimum atomic E-state index is -0.568. The number of nitrogens with zero attached hydrogens (tertiary/aromatic N) is 1. The lowest BCUT2D eigenvalue weighted by Gasteiger charge is -2.40. The van der Waals surface area contributed by atoms with Gasteiger partial charge in [0.25, 0.3) is 5.91 Å². The molecule has 1 N–H and O–H groups in total. The van der Waals surface area contributed by atoms with Crippen molar-refractivity contribution in [2.75, 3.05) is 13.7 Å². The summed E-state index contributed by atoms with van der Waals surface area (Å²) in [5.74, 6) is 0.433. The molecule has 2 aliphatic heterocycles. The number of carbonyl (C=O) groups excluding carboxylic acids is 1. The lowest BCUT2D eigenvalue weighted by atomic mass is 9.82. The van der Waals surface area contributed by atoms with Crippen molar-refractivity contribution in [3.05, 3.63) is 64.6 Å². The van der Waals surface area contributed by atoms with Gasteiger partial charge in [0.15, 0.2) is 0 Å². The highest BCUT2D eigenvalue weighted by atomic mass is 19.1. The van der Waals surface area contributed by atoms with Crippen molar-refractivity contribution in [3.8, 4) is 5.75 Å². The van der Waals surface area contributed by atoms with E-state index in [2.05, 4.69) is 11.9 Å². The standard InChI is InChI=1S/C20H17FN2O2/c1-20-16-6-4-12(25-2)10-15(16)19(24)23(20)8-7-14-13-5-3-11(21)9-17(13)22-18(14)20/h3-6,9-10,22H,7-8H2,1-2H3. The molecule has 25 heavy (non-hydrogen) atoms. The molecule has 1 unspecified atom stereocenters. The summed E-state index contributed by atoms with van der Waals surface area (Å²) in [4.78, 5) is 18.3. The number of benzene rings is 2. The number of fused-ring (bicyclic) bond motifs is 7. The summed E-state index contributed by atoms with van der Waals surface area (Å²) in [6.07, 6.45) is 0.757. The molecule has 0 saturated heterocycles. The quantitative estimate of drug-likeness (QED) is 0.738. The molecular formula is C20H17FN2O2. The molecule has 0 spiro atoms. The van der Waals surface area contributed by atoms with Gasteiger partial charge in [-0.3, -0.25) is 4.79 Å². The fourth-order valence-corrected chi connectivity index (χ4v) is 4.47. The van der Waals surface area contributed by atoms with Crippen molar-refractivity contribution < 1.29 is 13.9 Å². The first kappa shape index (κ1) is 14.5. The average molecular weight is 336 g/mol. The van der Waals surface area contributed by atoms with Crippen molar-refractivity contribution in [3.63, 3.8) is 0 Å². The minimum Gasteiger partial charge on any atom is -0.497 e. The zero-order valence-electron chi connectivity index (χ0n) is 14.0. The molecule has 0 aliphatic carbocycles. The van der Waals surface area contributed by atoms with Gasteiger partial charge in [-0.05, 0) is 54.8 Å². The smallest absolute Gasteiger partial charge is 0.255 e. The number of ether oxygens (including phenoxy) is 1. The summed E-state index contributed by atoms with van der Waals surface area (Å²) in [5.41, 5.74) is 4.01. The van der Waals surface area contributed by atoms with Gasteiger partial charge in [0.2, 0.25) is 0 Å². The van der Waals surface area contributed by atoms with E-state index < -0.39 is 5.54 Å². The third-order valence-electron chi connectivity index (χ3n) is 5.71. The number of hydrogen-bond donors (Lipinski definition) is 1. The molecule has 0 radical (unpaired) electrons. The summed E-state index contributed by atoms with van der Waals surface area (Å²) in [6.45, 7) is 2.70. The van der Waals surface area contributed by atoms with E-state index in [1.54, 1.807) is 7.11 Å². The van der Waals surface area contributed by atoms with Crippen LogP contribution in [0.1, 0.15) is 34.1 Å². The number of halogens is 1. The van der Waals surface area contributed by atoms with Gasteiger partial charge < -0.3 is 14.6 Å². The number of methoxy groups -OCH3 is 1. The molecule has 3 heterocycles. The van der Waals surface area contributed by atoms with Crippen LogP contribution in [-0.2, 0) is 12.0 Å². The molecule has 2 aromatic carbocycles. The maximum atomic E-state index is 13.7. The van der Waals surface area contributed by atoms with E-state index in [4.69, 9.17) is 4.74 Å². The first-order valence-electron chi connectivity index (χ1n) is 8.35. The Bertz CT molecular complexity index is 1060. The maximum absolute atomic E-state index is 13.7. The first-order valence-corrected chi connectivity index (χ1v) is 8.35. The normalized spacial score (nSPS) is 21.2. The number of rotatable bonds is 1. The Morgan fingerprint density at radius 1 is 1.24 bits per heavy atom. The molecule has 126 valence electrons. The Balaban J connectivity index is 1.81. The monoisotopic (exact) mass is 336 g/mol. The van der Waals surface area contributed by atoms with Crippen LogP contribution >= 0.6 is 0 Å². The van der Waals surface area contributed by atoms with Gasteiger partial charge in [0, 0.05) is 28.7 Å². The highest BCUT2D eigenvalue weighted by Gasteiger charge is 2.51. The minimum absolute atomic E-state index is 0.0203. The fourth-order valence-electron chi connectivity index (χ4n) is 4.47. The van der Waals surface area contributed by atoms with Crippen LogP contribution in [0.15, 0.2) is 36.4 Å². The number of nitrogens with one attached hydrogen (secondary N) is 1. The predicted octanol–water partition coefficient (Wildman–Crippen LogP) is 3.59. The topological polar surface area (TPSA) is 45.3 Å². The third kappa shape index (κ3) is 1.68. The van der Waals surface area contributed by atoms with Gasteiger partial charge in [-0.15, -0.1) is 0 Å². The molecule has 1 amide bonds. The van der Waals surface area contributed by atoms with Crippen molar-refractivity contribution in [2.45, 2.75) is 18.9 Å². The van der Waals surface area contributed by atoms with Crippen LogP contribution < -0.4 is 4.74 Å². The Hall–Kier alpha value is -2.82. The van der Waals surface area contributed by atoms with Crippen LogP contribution in [0.2, 0.25) is 0 Å². The number of amides is 1. The summed E-state index contributed by atoms with van der Waals surface area (Å²) in [5, 5.41) is 1.03. The van der Waals surface area contributed by atoms with Gasteiger partial charge in [0.05, 0.1) is 7.11 Å². The molecule has 1 aromatic heterocycles. The summed E-state index contributed by atoms with van der Waals surface area (Å²) in [6, 6.07) is 10.5. The highest BCUT2D eigenvalue weighted by molar-refractivity contribution is 6.02. The number of H-pyrrole nitrogens is 1. The third-order valence-corrected chi connectivity index (χ3v) is 5.71. The van der Waals surface area contributed by atoms with Crippen molar-refractivity contribution in [1.29, 1.82) is 0 Å². The first-order chi connectivity index (χ1) is 12.0. The maximum Gasteiger partial charge on any atom is 0.255 e. The molecule has 2 aliphatic rings. The highest BCUT2D eigenvalue weighted by Crippen LogP contribution is 2.49. The molecular weight excluding hydrogens is 319 g/mol. The predicted molar refractivity (Wildman–Crippen MR) is 92.4 cm³/mol. The van der Waals surface area contributed by atoms with Crippen LogP contribution in [0.5, 0.6) is 5.75 Å². The lowest BCUT2D eigenvalue weighted by Crippen LogP contribution is -2.47. The van der Waals surface area contributed by atoms with Gasteiger partial charge in [-0.1, -0.05) is 6.07 Å². The van der Waals surface area contributed by atoms with E-state index in [1.807, 2.05) is 29.2 Å². The Morgan fingerprint density at radius 2 is 2.08 bits per heavy atom. The van der Waals surface area contributed by atoms with Gasteiger partial charge in [-0.25, -0.2) is 4.39 Å². The van der Waals surface area contributed by atoms with Crippen LogP contribution in [0.4, 0.5) is 4.39 Å². The van der Waals surface area contributed by atoms with Crippen molar-refractivity contribution in [1.82, 2.24) is 9.88 Å². The second kappa shape index (κ2) is 4.63. The van der Waals surface area contributed by atoms with Crippen LogP contribution in [0.3, 0.4) is 0 Å². The Labute approximate surface area is 144 Å². The molecule has 0 fully saturated rings. The molecule has 3 aromatic rings. The van der Waals surface area contributed by atoms with E-state index in [-0.39, 0.29) is 11.7 Å². The van der Waals surface area contributed by atoms with Gasteiger partial charge >= 0.3 is 0 Å². The Kier molecular flexibility index (Phi) is 2.69. The van der Waals surface area contributed by atoms with Crippen molar-refractivity contribution >= 4 is 16.8 Å². The van der Waals surface area contributed by atoms with E-state index in [0.29, 0.717) is 17.9 Å². The fraction of sp³-hybridized carbons (Fsp3) is 0.250.